The van der Waals surface area contributed by atoms with E-state index in [2.05, 4.69) is 10.6 Å². The minimum atomic E-state index is 0.207. The molecule has 2 aliphatic rings. The van der Waals surface area contributed by atoms with Gasteiger partial charge in [0.05, 0.1) is 0 Å². The van der Waals surface area contributed by atoms with Gasteiger partial charge in [0.1, 0.15) is 0 Å². The summed E-state index contributed by atoms with van der Waals surface area (Å²) in [6.45, 7) is 1.72. The predicted molar refractivity (Wildman–Crippen MR) is 60.6 cm³/mol. The van der Waals surface area contributed by atoms with Crippen LogP contribution in [0, 0.1) is 5.92 Å². The molecule has 2 fully saturated rings. The monoisotopic (exact) mass is 210 g/mol. The van der Waals surface area contributed by atoms with Crippen molar-refractivity contribution in [2.24, 2.45) is 5.92 Å². The molecule has 0 aromatic rings. The molecule has 1 amide bonds. The molecule has 0 aromatic heterocycles. The van der Waals surface area contributed by atoms with Crippen LogP contribution in [-0.4, -0.2) is 25.0 Å². The normalized spacial score (nSPS) is 20.3. The summed E-state index contributed by atoms with van der Waals surface area (Å²) in [6.07, 6.45) is 8.53. The summed E-state index contributed by atoms with van der Waals surface area (Å²) in [7, 11) is 0. The van der Waals surface area contributed by atoms with Crippen LogP contribution in [0.5, 0.6) is 0 Å². The molecule has 2 N–H and O–H groups in total. The zero-order valence-electron chi connectivity index (χ0n) is 9.43. The van der Waals surface area contributed by atoms with E-state index in [9.17, 15) is 4.79 Å². The van der Waals surface area contributed by atoms with E-state index in [0.29, 0.717) is 12.5 Å². The Kier molecular flexibility index (Phi) is 4.01. The van der Waals surface area contributed by atoms with Gasteiger partial charge in [-0.2, -0.15) is 0 Å². The molecule has 2 rings (SSSR count). The van der Waals surface area contributed by atoms with Crippen molar-refractivity contribution in [2.75, 3.05) is 13.1 Å². The van der Waals surface area contributed by atoms with E-state index < -0.39 is 0 Å². The molecule has 0 aromatic carbocycles. The van der Waals surface area contributed by atoms with Gasteiger partial charge in [-0.05, 0) is 31.6 Å². The molecule has 86 valence electrons. The molecule has 0 spiro atoms. The molecule has 0 radical (unpaired) electrons. The number of rotatable bonds is 8. The predicted octanol–water partition coefficient (Wildman–Crippen LogP) is 1.43. The summed E-state index contributed by atoms with van der Waals surface area (Å²) in [5.74, 6) is 1.19. The van der Waals surface area contributed by atoms with E-state index in [0.717, 1.165) is 25.4 Å². The highest BCUT2D eigenvalue weighted by molar-refractivity contribution is 5.75. The maximum atomic E-state index is 11.4. The van der Waals surface area contributed by atoms with E-state index in [1.807, 2.05) is 0 Å². The minimum absolute atomic E-state index is 0.207. The molecular formula is C12H22N2O. The average Bonchev–Trinajstić information content (AvgIpc) is 3.06. The molecule has 3 nitrogen and oxygen atoms in total. The fraction of sp³-hybridized carbons (Fsp3) is 0.917. The third kappa shape index (κ3) is 5.17. The first kappa shape index (κ1) is 10.9. The largest absolute Gasteiger partial charge is 0.356 e. The summed E-state index contributed by atoms with van der Waals surface area (Å²) in [5.41, 5.74) is 0. The average molecular weight is 210 g/mol. The first-order valence-corrected chi connectivity index (χ1v) is 6.34. The Morgan fingerprint density at radius 2 is 1.93 bits per heavy atom. The molecule has 0 aliphatic heterocycles. The zero-order valence-corrected chi connectivity index (χ0v) is 9.43. The Morgan fingerprint density at radius 3 is 2.60 bits per heavy atom. The van der Waals surface area contributed by atoms with Gasteiger partial charge >= 0.3 is 0 Å². The Morgan fingerprint density at radius 1 is 1.13 bits per heavy atom. The van der Waals surface area contributed by atoms with Gasteiger partial charge in [-0.15, -0.1) is 0 Å². The molecular weight excluding hydrogens is 188 g/mol. The van der Waals surface area contributed by atoms with Crippen molar-refractivity contribution >= 4 is 5.91 Å². The van der Waals surface area contributed by atoms with Gasteiger partial charge in [-0.25, -0.2) is 0 Å². The van der Waals surface area contributed by atoms with Crippen LogP contribution in [-0.2, 0) is 4.79 Å². The van der Waals surface area contributed by atoms with Crippen LogP contribution in [0.25, 0.3) is 0 Å². The maximum Gasteiger partial charge on any atom is 0.221 e. The number of nitrogens with one attached hydrogen (secondary N) is 2. The van der Waals surface area contributed by atoms with Gasteiger partial charge < -0.3 is 10.6 Å². The van der Waals surface area contributed by atoms with Crippen LogP contribution in [0.3, 0.4) is 0 Å². The fourth-order valence-electron chi connectivity index (χ4n) is 1.79. The first-order valence-electron chi connectivity index (χ1n) is 6.34. The van der Waals surface area contributed by atoms with E-state index >= 15 is 0 Å². The molecule has 0 bridgehead atoms. The van der Waals surface area contributed by atoms with Crippen molar-refractivity contribution < 1.29 is 4.79 Å². The zero-order chi connectivity index (χ0) is 10.5. The summed E-state index contributed by atoms with van der Waals surface area (Å²) in [4.78, 5) is 11.4. The molecule has 0 unspecified atom stereocenters. The summed E-state index contributed by atoms with van der Waals surface area (Å²) in [5, 5.41) is 6.33. The fourth-order valence-corrected chi connectivity index (χ4v) is 1.79. The second-order valence-electron chi connectivity index (χ2n) is 4.91. The summed E-state index contributed by atoms with van der Waals surface area (Å²) >= 11 is 0. The summed E-state index contributed by atoms with van der Waals surface area (Å²) < 4.78 is 0. The highest BCUT2D eigenvalue weighted by Crippen LogP contribution is 2.33. The number of hydrogen-bond acceptors (Lipinski definition) is 2. The van der Waals surface area contributed by atoms with Crippen LogP contribution >= 0.6 is 0 Å². The van der Waals surface area contributed by atoms with Crippen LogP contribution in [0.15, 0.2) is 0 Å². The number of hydrogen-bond donors (Lipinski definition) is 2. The van der Waals surface area contributed by atoms with Crippen LogP contribution in [0.4, 0.5) is 0 Å². The lowest BCUT2D eigenvalue weighted by Gasteiger charge is -2.05. The van der Waals surface area contributed by atoms with E-state index in [1.165, 1.54) is 32.1 Å². The molecule has 2 saturated carbocycles. The van der Waals surface area contributed by atoms with Crippen molar-refractivity contribution in [2.45, 2.75) is 51.0 Å². The smallest absolute Gasteiger partial charge is 0.221 e. The van der Waals surface area contributed by atoms with E-state index in [1.54, 1.807) is 0 Å². The molecule has 0 saturated heterocycles. The van der Waals surface area contributed by atoms with E-state index in [4.69, 9.17) is 0 Å². The lowest BCUT2D eigenvalue weighted by molar-refractivity contribution is -0.121. The number of carbonyl (C=O) groups excluding carboxylic acids is 1. The Labute approximate surface area is 92.0 Å². The summed E-state index contributed by atoms with van der Waals surface area (Å²) in [6, 6.07) is 0.715. The van der Waals surface area contributed by atoms with Crippen molar-refractivity contribution in [3.63, 3.8) is 0 Å². The second-order valence-corrected chi connectivity index (χ2v) is 4.91. The molecule has 3 heteroatoms. The van der Waals surface area contributed by atoms with Crippen LogP contribution in [0.2, 0.25) is 0 Å². The lowest BCUT2D eigenvalue weighted by Crippen LogP contribution is -2.29. The highest BCUT2D eigenvalue weighted by Gasteiger charge is 2.21. The standard InChI is InChI=1S/C12H22N2O/c15-12(7-9-13-11-5-6-11)14-8-1-2-10-3-4-10/h10-11,13H,1-9H2,(H,14,15). The third-order valence-corrected chi connectivity index (χ3v) is 3.17. The number of carbonyl (C=O) groups is 1. The van der Waals surface area contributed by atoms with Gasteiger partial charge in [0.25, 0.3) is 0 Å². The third-order valence-electron chi connectivity index (χ3n) is 3.17. The van der Waals surface area contributed by atoms with Crippen molar-refractivity contribution in [1.29, 1.82) is 0 Å². The SMILES string of the molecule is O=C(CCNC1CC1)NCCCC1CC1. The highest BCUT2D eigenvalue weighted by atomic mass is 16.1. The molecule has 0 heterocycles. The van der Waals surface area contributed by atoms with Gasteiger partial charge in [0, 0.05) is 25.6 Å². The maximum absolute atomic E-state index is 11.4. The van der Waals surface area contributed by atoms with Gasteiger partial charge in [0.2, 0.25) is 5.91 Å². The lowest BCUT2D eigenvalue weighted by atomic mass is 10.2. The Hall–Kier alpha value is -0.570. The van der Waals surface area contributed by atoms with Crippen molar-refractivity contribution in [3.05, 3.63) is 0 Å². The Balaban J connectivity index is 1.37. The quantitative estimate of drug-likeness (QED) is 0.595. The van der Waals surface area contributed by atoms with Crippen LogP contribution in [0.1, 0.15) is 44.9 Å². The minimum Gasteiger partial charge on any atom is -0.356 e. The van der Waals surface area contributed by atoms with E-state index in [-0.39, 0.29) is 5.91 Å². The second kappa shape index (κ2) is 5.50. The van der Waals surface area contributed by atoms with Crippen molar-refractivity contribution in [1.82, 2.24) is 10.6 Å². The van der Waals surface area contributed by atoms with Gasteiger partial charge in [-0.1, -0.05) is 12.8 Å². The van der Waals surface area contributed by atoms with Crippen LogP contribution < -0.4 is 10.6 Å². The topological polar surface area (TPSA) is 41.1 Å². The molecule has 15 heavy (non-hydrogen) atoms. The number of amides is 1. The molecule has 0 atom stereocenters. The molecule has 2 aliphatic carbocycles. The Bertz CT molecular complexity index is 210. The van der Waals surface area contributed by atoms with Gasteiger partial charge in [-0.3, -0.25) is 4.79 Å². The van der Waals surface area contributed by atoms with Gasteiger partial charge in [0.15, 0.2) is 0 Å². The first-order chi connectivity index (χ1) is 7.34. The van der Waals surface area contributed by atoms with Crippen molar-refractivity contribution in [3.8, 4) is 0 Å².